The molecule has 0 aromatic heterocycles. The van der Waals surface area contributed by atoms with E-state index >= 15 is 0 Å². The number of carbonyl (C=O) groups excluding carboxylic acids is 2. The van der Waals surface area contributed by atoms with E-state index in [1.165, 1.54) is 20.2 Å². The first-order valence-electron chi connectivity index (χ1n) is 7.85. The second-order valence-corrected chi connectivity index (χ2v) is 9.70. The maximum atomic E-state index is 12.3. The number of ether oxygens (including phenoxy) is 2. The molecule has 0 aliphatic rings. The molecule has 0 saturated heterocycles. The van der Waals surface area contributed by atoms with Gasteiger partial charge in [0, 0.05) is 19.5 Å². The standard InChI is InChI=1S/C16H30N2O6S/c1-15(2,3)23-13(19)12(17-14(20)24-16(4,5)6)10-9-11-25(21,22)18(7)8/h9,11-12H,10H2,1-8H3,(H,17,20)/b11-9+. The van der Waals surface area contributed by atoms with E-state index in [1.807, 2.05) is 0 Å². The van der Waals surface area contributed by atoms with Crippen LogP contribution in [0.1, 0.15) is 48.0 Å². The monoisotopic (exact) mass is 378 g/mol. The molecule has 25 heavy (non-hydrogen) atoms. The Balaban J connectivity index is 5.18. The van der Waals surface area contributed by atoms with Crippen molar-refractivity contribution >= 4 is 22.1 Å². The van der Waals surface area contributed by atoms with Crippen LogP contribution < -0.4 is 5.32 Å². The minimum Gasteiger partial charge on any atom is -0.458 e. The second-order valence-electron chi connectivity index (χ2n) is 7.67. The minimum atomic E-state index is -3.56. The van der Waals surface area contributed by atoms with Crippen LogP contribution in [0.25, 0.3) is 0 Å². The molecule has 0 aliphatic heterocycles. The molecule has 0 aliphatic carbocycles. The molecule has 1 N–H and O–H groups in total. The predicted octanol–water partition coefficient (Wildman–Crippen LogP) is 2.02. The fraction of sp³-hybridized carbons (Fsp3) is 0.750. The Bertz CT molecular complexity index is 597. The van der Waals surface area contributed by atoms with Crippen molar-refractivity contribution in [1.29, 1.82) is 0 Å². The van der Waals surface area contributed by atoms with E-state index in [0.717, 1.165) is 9.71 Å². The summed E-state index contributed by atoms with van der Waals surface area (Å²) in [6.07, 6.45) is 0.454. The first kappa shape index (κ1) is 23.4. The third kappa shape index (κ3) is 10.8. The van der Waals surface area contributed by atoms with Crippen LogP contribution in [0.4, 0.5) is 4.79 Å². The fourth-order valence-electron chi connectivity index (χ4n) is 1.47. The Kier molecular flexibility index (Phi) is 8.10. The number of nitrogens with one attached hydrogen (secondary N) is 1. The number of amides is 1. The first-order valence-corrected chi connectivity index (χ1v) is 9.35. The molecule has 1 amide bonds. The highest BCUT2D eigenvalue weighted by atomic mass is 32.2. The van der Waals surface area contributed by atoms with Crippen molar-refractivity contribution in [2.75, 3.05) is 14.1 Å². The molecule has 0 spiro atoms. The van der Waals surface area contributed by atoms with Gasteiger partial charge in [0.2, 0.25) is 10.0 Å². The van der Waals surface area contributed by atoms with Crippen LogP contribution in [0.3, 0.4) is 0 Å². The molecule has 146 valence electrons. The zero-order valence-electron chi connectivity index (χ0n) is 16.2. The highest BCUT2D eigenvalue weighted by Crippen LogP contribution is 2.12. The molecule has 8 nitrogen and oxygen atoms in total. The van der Waals surface area contributed by atoms with Crippen molar-refractivity contribution in [3.05, 3.63) is 11.5 Å². The van der Waals surface area contributed by atoms with Crippen molar-refractivity contribution in [3.63, 3.8) is 0 Å². The smallest absolute Gasteiger partial charge is 0.408 e. The minimum absolute atomic E-state index is 0.0543. The van der Waals surface area contributed by atoms with Gasteiger partial charge in [0.1, 0.15) is 17.2 Å². The second kappa shape index (κ2) is 8.66. The van der Waals surface area contributed by atoms with Crippen LogP contribution in [-0.2, 0) is 24.3 Å². The summed E-state index contributed by atoms with van der Waals surface area (Å²) in [6.45, 7) is 10.2. The average molecular weight is 378 g/mol. The molecule has 0 aromatic rings. The van der Waals surface area contributed by atoms with E-state index in [-0.39, 0.29) is 6.42 Å². The summed E-state index contributed by atoms with van der Waals surface area (Å²) in [7, 11) is -0.770. The number of esters is 1. The van der Waals surface area contributed by atoms with Crippen molar-refractivity contribution in [1.82, 2.24) is 9.62 Å². The number of hydrogen-bond donors (Lipinski definition) is 1. The van der Waals surface area contributed by atoms with Gasteiger partial charge in [-0.15, -0.1) is 0 Å². The van der Waals surface area contributed by atoms with Gasteiger partial charge in [-0.1, -0.05) is 6.08 Å². The van der Waals surface area contributed by atoms with Gasteiger partial charge < -0.3 is 14.8 Å². The molecular formula is C16H30N2O6S. The van der Waals surface area contributed by atoms with Crippen LogP contribution >= 0.6 is 0 Å². The molecular weight excluding hydrogens is 348 g/mol. The molecule has 0 saturated carbocycles. The Labute approximate surface area is 150 Å². The molecule has 0 rings (SSSR count). The summed E-state index contributed by atoms with van der Waals surface area (Å²) >= 11 is 0. The Morgan fingerprint density at radius 1 is 1.04 bits per heavy atom. The molecule has 0 fully saturated rings. The lowest BCUT2D eigenvalue weighted by atomic mass is 10.1. The maximum absolute atomic E-state index is 12.3. The van der Waals surface area contributed by atoms with Gasteiger partial charge in [0.05, 0.1) is 0 Å². The van der Waals surface area contributed by atoms with Gasteiger partial charge in [-0.3, -0.25) is 0 Å². The Hall–Kier alpha value is -1.61. The van der Waals surface area contributed by atoms with Gasteiger partial charge in [-0.2, -0.15) is 0 Å². The van der Waals surface area contributed by atoms with Gasteiger partial charge in [0.15, 0.2) is 0 Å². The molecule has 0 heterocycles. The number of alkyl carbamates (subject to hydrolysis) is 1. The first-order chi connectivity index (χ1) is 11.0. The lowest BCUT2D eigenvalue weighted by Crippen LogP contribution is -2.45. The largest absolute Gasteiger partial charge is 0.458 e. The molecule has 1 unspecified atom stereocenters. The summed E-state index contributed by atoms with van der Waals surface area (Å²) < 4.78 is 34.9. The van der Waals surface area contributed by atoms with Crippen LogP contribution in [-0.4, -0.2) is 56.1 Å². The van der Waals surface area contributed by atoms with Crippen LogP contribution in [0.15, 0.2) is 11.5 Å². The fourth-order valence-corrected chi connectivity index (χ4v) is 2.07. The quantitative estimate of drug-likeness (QED) is 0.710. The number of rotatable bonds is 6. The SMILES string of the molecule is CN(C)S(=O)(=O)/C=C/CC(NC(=O)OC(C)(C)C)C(=O)OC(C)(C)C. The number of nitrogens with zero attached hydrogens (tertiary/aromatic N) is 1. The van der Waals surface area contributed by atoms with Crippen LogP contribution in [0.5, 0.6) is 0 Å². The third-order valence-corrected chi connectivity index (χ3v) is 4.09. The van der Waals surface area contributed by atoms with E-state index in [2.05, 4.69) is 5.32 Å². The predicted molar refractivity (Wildman–Crippen MR) is 95.4 cm³/mol. The lowest BCUT2D eigenvalue weighted by molar-refractivity contribution is -0.157. The zero-order valence-corrected chi connectivity index (χ0v) is 17.1. The third-order valence-electron chi connectivity index (χ3n) is 2.53. The van der Waals surface area contributed by atoms with Crippen molar-refractivity contribution in [2.24, 2.45) is 0 Å². The average Bonchev–Trinajstić information content (AvgIpc) is 2.32. The molecule has 0 bridgehead atoms. The van der Waals surface area contributed by atoms with E-state index < -0.39 is 39.3 Å². The van der Waals surface area contributed by atoms with Gasteiger partial charge >= 0.3 is 12.1 Å². The highest BCUT2D eigenvalue weighted by molar-refractivity contribution is 7.91. The Morgan fingerprint density at radius 3 is 1.92 bits per heavy atom. The van der Waals surface area contributed by atoms with Crippen molar-refractivity contribution in [3.8, 4) is 0 Å². The number of carbonyl (C=O) groups is 2. The van der Waals surface area contributed by atoms with Crippen molar-refractivity contribution < 1.29 is 27.5 Å². The zero-order chi connectivity index (χ0) is 20.1. The number of hydrogen-bond acceptors (Lipinski definition) is 6. The van der Waals surface area contributed by atoms with Crippen LogP contribution in [0.2, 0.25) is 0 Å². The maximum Gasteiger partial charge on any atom is 0.408 e. The van der Waals surface area contributed by atoms with E-state index in [0.29, 0.717) is 0 Å². The van der Waals surface area contributed by atoms with E-state index in [4.69, 9.17) is 9.47 Å². The van der Waals surface area contributed by atoms with Crippen molar-refractivity contribution in [2.45, 2.75) is 65.2 Å². The highest BCUT2D eigenvalue weighted by Gasteiger charge is 2.28. The summed E-state index contributed by atoms with van der Waals surface area (Å²) in [5.74, 6) is -0.676. The molecule has 9 heteroatoms. The summed E-state index contributed by atoms with van der Waals surface area (Å²) in [6, 6.07) is -1.07. The summed E-state index contributed by atoms with van der Waals surface area (Å²) in [5.41, 5.74) is -1.48. The topological polar surface area (TPSA) is 102 Å². The molecule has 1 atom stereocenters. The summed E-state index contributed by atoms with van der Waals surface area (Å²) in [4.78, 5) is 24.2. The van der Waals surface area contributed by atoms with E-state index in [1.54, 1.807) is 41.5 Å². The Morgan fingerprint density at radius 2 is 1.52 bits per heavy atom. The van der Waals surface area contributed by atoms with E-state index in [9.17, 15) is 18.0 Å². The molecule has 0 radical (unpaired) electrons. The van der Waals surface area contributed by atoms with Gasteiger partial charge in [-0.25, -0.2) is 22.3 Å². The summed E-state index contributed by atoms with van der Waals surface area (Å²) in [5, 5.41) is 3.39. The lowest BCUT2D eigenvalue weighted by Gasteiger charge is -2.25. The molecule has 0 aromatic carbocycles. The van der Waals surface area contributed by atoms with Gasteiger partial charge in [0.25, 0.3) is 0 Å². The van der Waals surface area contributed by atoms with Gasteiger partial charge in [-0.05, 0) is 48.0 Å². The van der Waals surface area contributed by atoms with Crippen LogP contribution in [0, 0.1) is 0 Å². The number of sulfonamides is 1. The normalized spacial score (nSPS) is 14.4.